The predicted molar refractivity (Wildman–Crippen MR) is 106 cm³/mol. The molecule has 0 aromatic heterocycles. The molecule has 1 saturated heterocycles. The highest BCUT2D eigenvalue weighted by molar-refractivity contribution is 6.06. The van der Waals surface area contributed by atoms with Gasteiger partial charge in [0.15, 0.2) is 5.41 Å². The van der Waals surface area contributed by atoms with E-state index >= 15 is 0 Å². The summed E-state index contributed by atoms with van der Waals surface area (Å²) in [6, 6.07) is 17.7. The van der Waals surface area contributed by atoms with Crippen molar-refractivity contribution in [2.24, 2.45) is 5.41 Å². The van der Waals surface area contributed by atoms with E-state index in [1.165, 1.54) is 13.8 Å². The lowest BCUT2D eigenvalue weighted by molar-refractivity contribution is -0.256. The van der Waals surface area contributed by atoms with Crippen LogP contribution >= 0.6 is 0 Å². The normalized spacial score (nSPS) is 24.6. The van der Waals surface area contributed by atoms with Crippen LogP contribution in [0.4, 0.5) is 0 Å². The van der Waals surface area contributed by atoms with Crippen molar-refractivity contribution in [2.45, 2.75) is 44.3 Å². The summed E-state index contributed by atoms with van der Waals surface area (Å²) in [5, 5.41) is 9.10. The minimum Gasteiger partial charge on any atom is -0.422 e. The Morgan fingerprint density at radius 1 is 0.833 bits per heavy atom. The summed E-state index contributed by atoms with van der Waals surface area (Å²) >= 11 is 0. The number of Topliss-reactive ketones (excluding diaryl/α,β-unsaturated/α-hetero) is 1. The molecule has 6 nitrogen and oxygen atoms in total. The molecule has 0 N–H and O–H groups in total. The zero-order chi connectivity index (χ0) is 21.5. The van der Waals surface area contributed by atoms with Crippen molar-refractivity contribution >= 4 is 17.7 Å². The van der Waals surface area contributed by atoms with Crippen LogP contribution in [0.3, 0.4) is 0 Å². The van der Waals surface area contributed by atoms with E-state index in [-0.39, 0.29) is 18.6 Å². The minimum absolute atomic E-state index is 0.0138. The fraction of sp³-hybridized carbons (Fsp3) is 0.333. The maximum Gasteiger partial charge on any atom is 0.328 e. The van der Waals surface area contributed by atoms with E-state index in [9.17, 15) is 14.4 Å². The van der Waals surface area contributed by atoms with Crippen molar-refractivity contribution in [2.75, 3.05) is 0 Å². The molecule has 30 heavy (non-hydrogen) atoms. The first-order valence-electron chi connectivity index (χ1n) is 9.81. The first-order valence-corrected chi connectivity index (χ1v) is 9.81. The van der Waals surface area contributed by atoms with Gasteiger partial charge in [0.2, 0.25) is 0 Å². The summed E-state index contributed by atoms with van der Waals surface area (Å²) in [4.78, 5) is 39.8. The third-order valence-electron chi connectivity index (χ3n) is 5.96. The van der Waals surface area contributed by atoms with E-state index in [4.69, 9.17) is 14.7 Å². The maximum absolute atomic E-state index is 13.5. The van der Waals surface area contributed by atoms with Crippen molar-refractivity contribution in [1.29, 1.82) is 5.26 Å². The van der Waals surface area contributed by atoms with Crippen LogP contribution in [-0.2, 0) is 23.9 Å². The third kappa shape index (κ3) is 3.07. The lowest BCUT2D eigenvalue weighted by Gasteiger charge is -2.49. The third-order valence-corrected chi connectivity index (χ3v) is 5.96. The number of rotatable bonds is 2. The van der Waals surface area contributed by atoms with Crippen molar-refractivity contribution in [1.82, 2.24) is 0 Å². The lowest BCUT2D eigenvalue weighted by Crippen LogP contribution is -2.61. The molecule has 152 valence electrons. The Bertz CT molecular complexity index is 1030. The maximum atomic E-state index is 13.5. The van der Waals surface area contributed by atoms with Crippen LogP contribution in [0.5, 0.6) is 0 Å². The average molecular weight is 403 g/mol. The molecule has 0 radical (unpaired) electrons. The SMILES string of the molecule is CC1(C)OC(=O)C2(C(=O)O1)[C@@H](c1ccc(C#N)cc1)CC(=O)C[C@H]2c1ccccc1. The van der Waals surface area contributed by atoms with E-state index in [2.05, 4.69) is 0 Å². The standard InChI is InChI=1S/C24H21NO5/c1-23(2)29-21(27)24(22(28)30-23)19(16-6-4-3-5-7-16)12-18(26)13-20(24)17-10-8-15(14-25)9-11-17/h3-11,19-20H,12-13H2,1-2H3/t19-,20+/m0/s1. The number of carbonyl (C=O) groups is 3. The zero-order valence-corrected chi connectivity index (χ0v) is 16.8. The number of cyclic esters (lactones) is 2. The molecule has 0 bridgehead atoms. The first kappa shape index (κ1) is 19.8. The second-order valence-electron chi connectivity index (χ2n) is 8.24. The van der Waals surface area contributed by atoms with Crippen molar-refractivity contribution in [3.05, 3.63) is 71.3 Å². The smallest absolute Gasteiger partial charge is 0.328 e. The molecule has 1 saturated carbocycles. The predicted octanol–water partition coefficient (Wildman–Crippen LogP) is 3.61. The van der Waals surface area contributed by atoms with Crippen LogP contribution < -0.4 is 0 Å². The van der Waals surface area contributed by atoms with E-state index in [0.717, 1.165) is 0 Å². The first-order chi connectivity index (χ1) is 14.3. The Morgan fingerprint density at radius 3 is 1.83 bits per heavy atom. The summed E-state index contributed by atoms with van der Waals surface area (Å²) in [6.07, 6.45) is 0.0568. The largest absolute Gasteiger partial charge is 0.422 e. The minimum atomic E-state index is -1.68. The summed E-state index contributed by atoms with van der Waals surface area (Å²) in [5.74, 6) is -4.25. The molecule has 2 atom stereocenters. The Kier molecular flexibility index (Phi) is 4.70. The van der Waals surface area contributed by atoms with Gasteiger partial charge in [-0.05, 0) is 23.3 Å². The number of hydrogen-bond acceptors (Lipinski definition) is 6. The Hall–Kier alpha value is -3.46. The number of nitriles is 1. The highest BCUT2D eigenvalue weighted by Crippen LogP contribution is 2.57. The van der Waals surface area contributed by atoms with Crippen LogP contribution in [0, 0.1) is 16.7 Å². The molecular weight excluding hydrogens is 382 g/mol. The lowest BCUT2D eigenvalue weighted by atomic mass is 9.55. The van der Waals surface area contributed by atoms with Gasteiger partial charge in [0, 0.05) is 38.5 Å². The van der Waals surface area contributed by atoms with Gasteiger partial charge in [-0.1, -0.05) is 42.5 Å². The number of nitrogens with zero attached hydrogens (tertiary/aromatic N) is 1. The fourth-order valence-electron chi connectivity index (χ4n) is 4.63. The molecule has 1 spiro atoms. The molecule has 0 unspecified atom stereocenters. The zero-order valence-electron chi connectivity index (χ0n) is 16.8. The number of esters is 2. The molecule has 1 aliphatic heterocycles. The van der Waals surface area contributed by atoms with Gasteiger partial charge in [-0.25, -0.2) is 0 Å². The summed E-state index contributed by atoms with van der Waals surface area (Å²) in [7, 11) is 0. The summed E-state index contributed by atoms with van der Waals surface area (Å²) < 4.78 is 11.2. The quantitative estimate of drug-likeness (QED) is 0.562. The van der Waals surface area contributed by atoms with E-state index in [1.54, 1.807) is 36.4 Å². The fourth-order valence-corrected chi connectivity index (χ4v) is 4.63. The van der Waals surface area contributed by atoms with E-state index < -0.39 is 35.0 Å². The molecule has 2 aromatic rings. The van der Waals surface area contributed by atoms with Gasteiger partial charge in [0.1, 0.15) is 5.78 Å². The molecule has 1 aliphatic carbocycles. The molecule has 6 heteroatoms. The van der Waals surface area contributed by atoms with Gasteiger partial charge >= 0.3 is 11.9 Å². The number of benzene rings is 2. The second kappa shape index (κ2) is 7.10. The van der Waals surface area contributed by atoms with Crippen LogP contribution in [0.25, 0.3) is 0 Å². The molecule has 2 aromatic carbocycles. The van der Waals surface area contributed by atoms with Crippen LogP contribution in [0.2, 0.25) is 0 Å². The molecule has 2 aliphatic rings. The summed E-state index contributed by atoms with van der Waals surface area (Å²) in [6.45, 7) is 3.02. The second-order valence-corrected chi connectivity index (χ2v) is 8.24. The van der Waals surface area contributed by atoms with Gasteiger partial charge in [-0.2, -0.15) is 5.26 Å². The Labute approximate surface area is 174 Å². The van der Waals surface area contributed by atoms with Gasteiger partial charge in [-0.3, -0.25) is 14.4 Å². The molecule has 4 rings (SSSR count). The van der Waals surface area contributed by atoms with Gasteiger partial charge < -0.3 is 9.47 Å². The van der Waals surface area contributed by atoms with E-state index in [0.29, 0.717) is 16.7 Å². The Morgan fingerprint density at radius 2 is 1.33 bits per heavy atom. The topological polar surface area (TPSA) is 93.5 Å². The monoisotopic (exact) mass is 403 g/mol. The molecular formula is C24H21NO5. The average Bonchev–Trinajstić information content (AvgIpc) is 2.72. The number of carbonyl (C=O) groups excluding carboxylic acids is 3. The van der Waals surface area contributed by atoms with E-state index in [1.807, 2.05) is 24.3 Å². The van der Waals surface area contributed by atoms with Gasteiger partial charge in [0.05, 0.1) is 11.6 Å². The van der Waals surface area contributed by atoms with Gasteiger partial charge in [-0.15, -0.1) is 0 Å². The van der Waals surface area contributed by atoms with Crippen molar-refractivity contribution in [3.63, 3.8) is 0 Å². The molecule has 1 heterocycles. The highest BCUT2D eigenvalue weighted by Gasteiger charge is 2.67. The van der Waals surface area contributed by atoms with Crippen LogP contribution in [0.15, 0.2) is 54.6 Å². The molecule has 2 fully saturated rings. The summed E-state index contributed by atoms with van der Waals surface area (Å²) in [5.41, 5.74) is 0.0951. The van der Waals surface area contributed by atoms with Crippen molar-refractivity contribution in [3.8, 4) is 6.07 Å². The highest BCUT2D eigenvalue weighted by atomic mass is 16.7. The van der Waals surface area contributed by atoms with Crippen LogP contribution in [-0.4, -0.2) is 23.5 Å². The van der Waals surface area contributed by atoms with Gasteiger partial charge in [0.25, 0.3) is 5.79 Å². The number of hydrogen-bond donors (Lipinski definition) is 0. The number of ether oxygens (including phenoxy) is 2. The Balaban J connectivity index is 1.93. The van der Waals surface area contributed by atoms with Crippen molar-refractivity contribution < 1.29 is 23.9 Å². The molecule has 0 amide bonds. The van der Waals surface area contributed by atoms with Crippen LogP contribution in [0.1, 0.15) is 55.2 Å². The number of ketones is 1.